The molecule has 2 aliphatic heterocycles. The first-order valence-electron chi connectivity index (χ1n) is 10.8. The molecule has 3 amide bonds. The van der Waals surface area contributed by atoms with Crippen LogP contribution in [-0.2, 0) is 20.7 Å². The maximum atomic E-state index is 13.1. The standard InChI is InChI=1S/C24H26FN3O4/c25-19-7-5-17(6-8-19)9-10-28-16-18(15-22(28)29)23(30)26-21-4-2-1-3-20(21)24(31)27-11-13-32-14-12-27/h1-8,18H,9-16H2,(H,26,30)/t18-/m1/s1. The summed E-state index contributed by atoms with van der Waals surface area (Å²) in [4.78, 5) is 41.6. The first-order chi connectivity index (χ1) is 15.5. The Morgan fingerprint density at radius 2 is 1.78 bits per heavy atom. The van der Waals surface area contributed by atoms with Crippen LogP contribution >= 0.6 is 0 Å². The molecule has 2 aromatic rings. The van der Waals surface area contributed by atoms with Gasteiger partial charge in [-0.1, -0.05) is 24.3 Å². The first-order valence-corrected chi connectivity index (χ1v) is 10.8. The van der Waals surface area contributed by atoms with E-state index >= 15 is 0 Å². The minimum absolute atomic E-state index is 0.0788. The summed E-state index contributed by atoms with van der Waals surface area (Å²) >= 11 is 0. The van der Waals surface area contributed by atoms with Gasteiger partial charge in [0.2, 0.25) is 11.8 Å². The average molecular weight is 439 g/mol. The SMILES string of the molecule is O=C(Nc1ccccc1C(=O)N1CCOCC1)[C@@H]1CC(=O)N(CCc2ccc(F)cc2)C1. The van der Waals surface area contributed by atoms with Crippen LogP contribution in [0.5, 0.6) is 0 Å². The van der Waals surface area contributed by atoms with E-state index in [4.69, 9.17) is 4.74 Å². The van der Waals surface area contributed by atoms with Crippen molar-refractivity contribution in [2.75, 3.05) is 44.7 Å². The molecule has 0 spiro atoms. The van der Waals surface area contributed by atoms with E-state index in [0.29, 0.717) is 57.1 Å². The number of benzene rings is 2. The summed E-state index contributed by atoms with van der Waals surface area (Å²) in [5.41, 5.74) is 1.81. The highest BCUT2D eigenvalue weighted by Crippen LogP contribution is 2.23. The van der Waals surface area contributed by atoms with Crippen LogP contribution in [0, 0.1) is 11.7 Å². The van der Waals surface area contributed by atoms with Crippen molar-refractivity contribution in [3.63, 3.8) is 0 Å². The van der Waals surface area contributed by atoms with E-state index in [9.17, 15) is 18.8 Å². The summed E-state index contributed by atoms with van der Waals surface area (Å²) in [5.74, 6) is -1.28. The second kappa shape index (κ2) is 9.91. The molecule has 0 saturated carbocycles. The normalized spacial score (nSPS) is 18.7. The number of likely N-dealkylation sites (tertiary alicyclic amines) is 1. The predicted molar refractivity (Wildman–Crippen MR) is 117 cm³/mol. The minimum atomic E-state index is -0.484. The molecular formula is C24H26FN3O4. The van der Waals surface area contributed by atoms with E-state index in [0.717, 1.165) is 5.56 Å². The molecular weight excluding hydrogens is 413 g/mol. The number of rotatable bonds is 6. The molecule has 2 saturated heterocycles. The van der Waals surface area contributed by atoms with E-state index in [1.165, 1.54) is 12.1 Å². The van der Waals surface area contributed by atoms with E-state index in [1.807, 2.05) is 0 Å². The number of carbonyl (C=O) groups excluding carboxylic acids is 3. The topological polar surface area (TPSA) is 79.0 Å². The molecule has 8 heteroatoms. The Labute approximate surface area is 186 Å². The molecule has 0 bridgehead atoms. The highest BCUT2D eigenvalue weighted by atomic mass is 19.1. The number of morpholine rings is 1. The molecule has 2 heterocycles. The maximum Gasteiger partial charge on any atom is 0.256 e. The molecule has 0 radical (unpaired) electrons. The Kier molecular flexibility index (Phi) is 6.80. The zero-order chi connectivity index (χ0) is 22.5. The summed E-state index contributed by atoms with van der Waals surface area (Å²) in [5, 5.41) is 2.86. The molecule has 7 nitrogen and oxygen atoms in total. The van der Waals surface area contributed by atoms with Crippen molar-refractivity contribution in [2.24, 2.45) is 5.92 Å². The zero-order valence-corrected chi connectivity index (χ0v) is 17.8. The molecule has 2 fully saturated rings. The Hall–Kier alpha value is -3.26. The van der Waals surface area contributed by atoms with Crippen LogP contribution in [0.15, 0.2) is 48.5 Å². The minimum Gasteiger partial charge on any atom is -0.378 e. The van der Waals surface area contributed by atoms with Gasteiger partial charge >= 0.3 is 0 Å². The van der Waals surface area contributed by atoms with Gasteiger partial charge in [-0.2, -0.15) is 0 Å². The number of ether oxygens (including phenoxy) is 1. The molecule has 168 valence electrons. The monoisotopic (exact) mass is 439 g/mol. The Balaban J connectivity index is 1.36. The van der Waals surface area contributed by atoms with Crippen LogP contribution in [0.1, 0.15) is 22.3 Å². The summed E-state index contributed by atoms with van der Waals surface area (Å²) < 4.78 is 18.4. The van der Waals surface area contributed by atoms with Crippen molar-refractivity contribution < 1.29 is 23.5 Å². The van der Waals surface area contributed by atoms with Gasteiger partial charge in [-0.3, -0.25) is 14.4 Å². The molecule has 2 aromatic carbocycles. The summed E-state index contributed by atoms with van der Waals surface area (Å²) in [6, 6.07) is 13.1. The van der Waals surface area contributed by atoms with E-state index in [-0.39, 0.29) is 30.0 Å². The number of nitrogens with one attached hydrogen (secondary N) is 1. The van der Waals surface area contributed by atoms with Crippen molar-refractivity contribution in [2.45, 2.75) is 12.8 Å². The van der Waals surface area contributed by atoms with E-state index in [1.54, 1.807) is 46.2 Å². The third kappa shape index (κ3) is 5.13. The summed E-state index contributed by atoms with van der Waals surface area (Å²) in [7, 11) is 0. The summed E-state index contributed by atoms with van der Waals surface area (Å²) in [6.45, 7) is 2.82. The van der Waals surface area contributed by atoms with Crippen molar-refractivity contribution in [1.82, 2.24) is 9.80 Å². The third-order valence-electron chi connectivity index (χ3n) is 5.88. The largest absolute Gasteiger partial charge is 0.378 e. The van der Waals surface area contributed by atoms with Crippen molar-refractivity contribution >= 4 is 23.4 Å². The Bertz CT molecular complexity index is 989. The number of nitrogens with zero attached hydrogens (tertiary/aromatic N) is 2. The van der Waals surface area contributed by atoms with Gasteiger partial charge in [0.05, 0.1) is 30.4 Å². The Morgan fingerprint density at radius 1 is 1.06 bits per heavy atom. The van der Waals surface area contributed by atoms with Crippen molar-refractivity contribution in [3.05, 3.63) is 65.5 Å². The van der Waals surface area contributed by atoms with Crippen LogP contribution in [0.25, 0.3) is 0 Å². The fourth-order valence-corrected chi connectivity index (χ4v) is 4.03. The molecule has 0 aliphatic carbocycles. The van der Waals surface area contributed by atoms with E-state index in [2.05, 4.69) is 5.32 Å². The van der Waals surface area contributed by atoms with Gasteiger partial charge in [0.1, 0.15) is 5.82 Å². The second-order valence-electron chi connectivity index (χ2n) is 8.06. The highest BCUT2D eigenvalue weighted by Gasteiger charge is 2.34. The van der Waals surface area contributed by atoms with Crippen LogP contribution < -0.4 is 5.32 Å². The predicted octanol–water partition coefficient (Wildman–Crippen LogP) is 2.33. The molecule has 0 aromatic heterocycles. The molecule has 32 heavy (non-hydrogen) atoms. The number of amides is 3. The lowest BCUT2D eigenvalue weighted by atomic mass is 10.1. The number of halogens is 1. The van der Waals surface area contributed by atoms with Gasteiger partial charge < -0.3 is 19.9 Å². The Morgan fingerprint density at radius 3 is 2.53 bits per heavy atom. The van der Waals surface area contributed by atoms with Crippen LogP contribution in [0.4, 0.5) is 10.1 Å². The zero-order valence-electron chi connectivity index (χ0n) is 17.8. The van der Waals surface area contributed by atoms with Crippen LogP contribution in [-0.4, -0.2) is 66.9 Å². The molecule has 4 rings (SSSR count). The number of para-hydroxylation sites is 1. The average Bonchev–Trinajstić information content (AvgIpc) is 3.20. The number of hydrogen-bond acceptors (Lipinski definition) is 4. The van der Waals surface area contributed by atoms with Gasteiger partial charge in [0.25, 0.3) is 5.91 Å². The first kappa shape index (κ1) is 22.0. The van der Waals surface area contributed by atoms with Crippen molar-refractivity contribution in [1.29, 1.82) is 0 Å². The molecule has 1 N–H and O–H groups in total. The fraction of sp³-hybridized carbons (Fsp3) is 0.375. The van der Waals surface area contributed by atoms with Crippen LogP contribution in [0.2, 0.25) is 0 Å². The molecule has 2 aliphatic rings. The van der Waals surface area contributed by atoms with Crippen LogP contribution in [0.3, 0.4) is 0 Å². The van der Waals surface area contributed by atoms with Gasteiger partial charge in [0, 0.05) is 32.6 Å². The van der Waals surface area contributed by atoms with Crippen molar-refractivity contribution in [3.8, 4) is 0 Å². The quantitative estimate of drug-likeness (QED) is 0.749. The molecule has 1 atom stereocenters. The number of anilines is 1. The lowest BCUT2D eigenvalue weighted by Crippen LogP contribution is -2.41. The van der Waals surface area contributed by atoms with Gasteiger partial charge in [0.15, 0.2) is 0 Å². The van der Waals surface area contributed by atoms with E-state index < -0.39 is 5.92 Å². The van der Waals surface area contributed by atoms with Gasteiger partial charge in [-0.15, -0.1) is 0 Å². The lowest BCUT2D eigenvalue weighted by molar-refractivity contribution is -0.128. The van der Waals surface area contributed by atoms with Gasteiger partial charge in [-0.05, 0) is 36.2 Å². The third-order valence-corrected chi connectivity index (χ3v) is 5.88. The number of carbonyl (C=O) groups is 3. The lowest BCUT2D eigenvalue weighted by Gasteiger charge is -2.27. The molecule has 0 unspecified atom stereocenters. The second-order valence-corrected chi connectivity index (χ2v) is 8.06. The highest BCUT2D eigenvalue weighted by molar-refractivity contribution is 6.05. The smallest absolute Gasteiger partial charge is 0.256 e. The maximum absolute atomic E-state index is 13.1. The number of hydrogen-bond donors (Lipinski definition) is 1. The summed E-state index contributed by atoms with van der Waals surface area (Å²) in [6.07, 6.45) is 0.728. The van der Waals surface area contributed by atoms with Gasteiger partial charge in [-0.25, -0.2) is 4.39 Å². The fourth-order valence-electron chi connectivity index (χ4n) is 4.03.